The molecule has 1 heterocycles. The number of aromatic nitrogens is 1. The van der Waals surface area contributed by atoms with E-state index in [4.69, 9.17) is 0 Å². The Kier molecular flexibility index (Phi) is 5.80. The molecule has 180 valence electrons. The van der Waals surface area contributed by atoms with Gasteiger partial charge in [-0.2, -0.15) is 0 Å². The maximum atomic E-state index is 13.5. The third-order valence-electron chi connectivity index (χ3n) is 7.27. The largest absolute Gasteiger partial charge is 0.573 e. The van der Waals surface area contributed by atoms with Crippen LogP contribution in [0, 0.1) is 5.92 Å². The first-order chi connectivity index (χ1) is 16.3. The molecule has 3 atom stereocenters. The van der Waals surface area contributed by atoms with Crippen molar-refractivity contribution in [2.75, 3.05) is 6.54 Å². The van der Waals surface area contributed by atoms with E-state index in [1.807, 2.05) is 30.0 Å². The van der Waals surface area contributed by atoms with Gasteiger partial charge in [0.05, 0.1) is 0 Å². The van der Waals surface area contributed by atoms with E-state index in [2.05, 4.69) is 27.2 Å². The van der Waals surface area contributed by atoms with Crippen molar-refractivity contribution in [3.05, 3.63) is 65.9 Å². The second-order valence-corrected chi connectivity index (χ2v) is 9.34. The fraction of sp³-hybridized carbons (Fsp3) is 0.423. The molecular formula is C26H28F3N3O2. The number of amides is 1. The van der Waals surface area contributed by atoms with Crippen LogP contribution in [-0.4, -0.2) is 40.3 Å². The number of fused-ring (bicyclic) bond motifs is 2. The highest BCUT2D eigenvalue weighted by Crippen LogP contribution is 2.55. The number of nitrogens with one attached hydrogen (secondary N) is 2. The number of benzene rings is 2. The van der Waals surface area contributed by atoms with E-state index in [0.717, 1.165) is 32.2 Å². The monoisotopic (exact) mass is 471 g/mol. The second kappa shape index (κ2) is 8.65. The zero-order chi connectivity index (χ0) is 23.9. The summed E-state index contributed by atoms with van der Waals surface area (Å²) in [6.07, 6.45) is -0.575. The van der Waals surface area contributed by atoms with Crippen LogP contribution in [0.2, 0.25) is 0 Å². The zero-order valence-corrected chi connectivity index (χ0v) is 19.0. The topological polar surface area (TPSA) is 57.4 Å². The predicted molar refractivity (Wildman–Crippen MR) is 123 cm³/mol. The van der Waals surface area contributed by atoms with Crippen molar-refractivity contribution in [2.24, 2.45) is 5.92 Å². The summed E-state index contributed by atoms with van der Waals surface area (Å²) in [4.78, 5) is 18.5. The summed E-state index contributed by atoms with van der Waals surface area (Å²) in [7, 11) is 0. The number of alkyl halides is 3. The number of ether oxygens (including phenoxy) is 1. The van der Waals surface area contributed by atoms with Crippen LogP contribution in [0.5, 0.6) is 5.75 Å². The van der Waals surface area contributed by atoms with Crippen molar-refractivity contribution >= 4 is 16.8 Å². The van der Waals surface area contributed by atoms with E-state index >= 15 is 0 Å². The fourth-order valence-corrected chi connectivity index (χ4v) is 5.60. The second-order valence-electron chi connectivity index (χ2n) is 9.34. The third kappa shape index (κ3) is 4.51. The first-order valence-corrected chi connectivity index (χ1v) is 11.8. The maximum Gasteiger partial charge on any atom is 0.573 e. The lowest BCUT2D eigenvalue weighted by atomic mass is 9.89. The molecule has 2 aliphatic rings. The van der Waals surface area contributed by atoms with Crippen molar-refractivity contribution in [3.63, 3.8) is 0 Å². The Labute approximate surface area is 196 Å². The Morgan fingerprint density at radius 2 is 2.00 bits per heavy atom. The summed E-state index contributed by atoms with van der Waals surface area (Å²) in [5.74, 6) is -0.0114. The standard InChI is InChI=1S/C26H28F3N3O2/c1-2-32(23-9-6-12-25(15-20(23)25)30-16-17-7-4-3-5-8-17)24(33)22-14-18-13-19(34-26(27,28)29)10-11-21(18)31-22/h3-5,7-8,10-11,13-14,20,23,30-31H,2,6,9,12,15-16H2,1H3/t20-,23-,25-/m0/s1. The molecule has 2 fully saturated rings. The number of hydrogen-bond donors (Lipinski definition) is 2. The molecule has 5 nitrogen and oxygen atoms in total. The number of carbonyl (C=O) groups excluding carboxylic acids is 1. The first-order valence-electron chi connectivity index (χ1n) is 11.8. The molecule has 5 rings (SSSR count). The van der Waals surface area contributed by atoms with Gasteiger partial charge < -0.3 is 19.9 Å². The number of rotatable bonds is 7. The minimum absolute atomic E-state index is 0.0801. The van der Waals surface area contributed by atoms with Crippen LogP contribution >= 0.6 is 0 Å². The molecule has 0 unspecified atom stereocenters. The number of H-pyrrole nitrogens is 1. The molecule has 0 saturated heterocycles. The van der Waals surface area contributed by atoms with Gasteiger partial charge in [-0.3, -0.25) is 4.79 Å². The normalized spacial score (nSPS) is 24.0. The first kappa shape index (κ1) is 22.8. The van der Waals surface area contributed by atoms with Crippen LogP contribution in [0.3, 0.4) is 0 Å². The van der Waals surface area contributed by atoms with Crippen molar-refractivity contribution in [1.82, 2.24) is 15.2 Å². The molecule has 1 amide bonds. The molecule has 0 aliphatic heterocycles. The molecular weight excluding hydrogens is 443 g/mol. The highest BCUT2D eigenvalue weighted by molar-refractivity contribution is 5.98. The van der Waals surface area contributed by atoms with Gasteiger partial charge in [-0.25, -0.2) is 0 Å². The third-order valence-corrected chi connectivity index (χ3v) is 7.27. The summed E-state index contributed by atoms with van der Waals surface area (Å²) >= 11 is 0. The molecule has 34 heavy (non-hydrogen) atoms. The van der Waals surface area contributed by atoms with Crippen LogP contribution in [0.4, 0.5) is 13.2 Å². The van der Waals surface area contributed by atoms with Gasteiger partial charge in [-0.05, 0) is 68.4 Å². The zero-order valence-electron chi connectivity index (χ0n) is 19.0. The molecule has 2 aliphatic carbocycles. The summed E-state index contributed by atoms with van der Waals surface area (Å²) in [5.41, 5.74) is 2.31. The minimum Gasteiger partial charge on any atom is -0.406 e. The van der Waals surface area contributed by atoms with Crippen molar-refractivity contribution in [1.29, 1.82) is 0 Å². The van der Waals surface area contributed by atoms with E-state index < -0.39 is 6.36 Å². The molecule has 0 spiro atoms. The van der Waals surface area contributed by atoms with Crippen LogP contribution in [0.1, 0.15) is 48.7 Å². The van der Waals surface area contributed by atoms with Crippen molar-refractivity contribution < 1.29 is 22.7 Å². The smallest absolute Gasteiger partial charge is 0.406 e. The molecule has 2 aromatic carbocycles. The summed E-state index contributed by atoms with van der Waals surface area (Å²) < 4.78 is 41.7. The highest BCUT2D eigenvalue weighted by Gasteiger charge is 2.60. The summed E-state index contributed by atoms with van der Waals surface area (Å²) in [6.45, 7) is 3.37. The average Bonchev–Trinajstić information content (AvgIpc) is 3.40. The van der Waals surface area contributed by atoms with E-state index in [1.54, 1.807) is 6.07 Å². The Hall–Kier alpha value is -3.00. The van der Waals surface area contributed by atoms with Crippen LogP contribution in [-0.2, 0) is 6.54 Å². The summed E-state index contributed by atoms with van der Waals surface area (Å²) in [5, 5.41) is 4.28. The van der Waals surface area contributed by atoms with Crippen LogP contribution in [0.25, 0.3) is 10.9 Å². The van der Waals surface area contributed by atoms with Crippen LogP contribution in [0.15, 0.2) is 54.6 Å². The van der Waals surface area contributed by atoms with Gasteiger partial charge in [-0.1, -0.05) is 30.3 Å². The SMILES string of the molecule is CCN(C(=O)c1cc2cc(OC(F)(F)F)ccc2[nH]1)[C@H]1CCC[C@]2(NCc3ccccc3)C[C@@H]12. The number of carbonyl (C=O) groups is 1. The van der Waals surface area contributed by atoms with Gasteiger partial charge in [0.1, 0.15) is 11.4 Å². The molecule has 0 radical (unpaired) electrons. The van der Waals surface area contributed by atoms with Gasteiger partial charge >= 0.3 is 6.36 Å². The number of halogens is 3. The molecule has 2 N–H and O–H groups in total. The lowest BCUT2D eigenvalue weighted by molar-refractivity contribution is -0.274. The number of hydrogen-bond acceptors (Lipinski definition) is 3. The number of nitrogens with zero attached hydrogens (tertiary/aromatic N) is 1. The van der Waals surface area contributed by atoms with Crippen molar-refractivity contribution in [3.8, 4) is 5.75 Å². The Bertz CT molecular complexity index is 1180. The number of aromatic amines is 1. The van der Waals surface area contributed by atoms with E-state index in [0.29, 0.717) is 29.1 Å². The Balaban J connectivity index is 1.31. The molecule has 0 bridgehead atoms. The van der Waals surface area contributed by atoms with Gasteiger partial charge in [0, 0.05) is 35.6 Å². The highest BCUT2D eigenvalue weighted by atomic mass is 19.4. The Morgan fingerprint density at radius 1 is 1.21 bits per heavy atom. The molecule has 1 aromatic heterocycles. The quantitative estimate of drug-likeness (QED) is 0.470. The van der Waals surface area contributed by atoms with Gasteiger partial charge in [0.2, 0.25) is 0 Å². The van der Waals surface area contributed by atoms with Gasteiger partial charge in [0.15, 0.2) is 0 Å². The van der Waals surface area contributed by atoms with E-state index in [1.165, 1.54) is 23.8 Å². The van der Waals surface area contributed by atoms with Crippen molar-refractivity contribution in [2.45, 2.75) is 57.1 Å². The molecule has 3 aromatic rings. The Morgan fingerprint density at radius 3 is 2.74 bits per heavy atom. The predicted octanol–water partition coefficient (Wildman–Crippen LogP) is 5.63. The molecule has 2 saturated carbocycles. The summed E-state index contributed by atoms with van der Waals surface area (Å²) in [6, 6.07) is 16.1. The molecule has 8 heteroatoms. The maximum absolute atomic E-state index is 13.5. The van der Waals surface area contributed by atoms with Crippen LogP contribution < -0.4 is 10.1 Å². The van der Waals surface area contributed by atoms with Gasteiger partial charge in [0.25, 0.3) is 5.91 Å². The van der Waals surface area contributed by atoms with E-state index in [9.17, 15) is 18.0 Å². The average molecular weight is 472 g/mol. The van der Waals surface area contributed by atoms with Gasteiger partial charge in [-0.15, -0.1) is 13.2 Å². The lowest BCUT2D eigenvalue weighted by Gasteiger charge is -2.37. The van der Waals surface area contributed by atoms with E-state index in [-0.39, 0.29) is 23.2 Å². The lowest BCUT2D eigenvalue weighted by Crippen LogP contribution is -2.48. The fourth-order valence-electron chi connectivity index (χ4n) is 5.60. The minimum atomic E-state index is -4.76.